The fraction of sp³-hybridized carbons (Fsp3) is 0.889. The van der Waals surface area contributed by atoms with Gasteiger partial charge in [0.1, 0.15) is 0 Å². The van der Waals surface area contributed by atoms with Crippen LogP contribution in [0.15, 0.2) is 0 Å². The molecule has 1 aliphatic heterocycles. The van der Waals surface area contributed by atoms with Crippen LogP contribution in [-0.2, 0) is 4.79 Å². The summed E-state index contributed by atoms with van der Waals surface area (Å²) < 4.78 is 0. The van der Waals surface area contributed by atoms with Gasteiger partial charge in [0.05, 0.1) is 6.54 Å². The summed E-state index contributed by atoms with van der Waals surface area (Å²) in [6, 6.07) is 0.118. The molecule has 1 unspecified atom stereocenters. The molecule has 0 saturated carbocycles. The first-order chi connectivity index (χ1) is 5.97. The van der Waals surface area contributed by atoms with Gasteiger partial charge in [0.2, 0.25) is 5.91 Å². The maximum absolute atomic E-state index is 11.1. The molecule has 1 N–H and O–H groups in total. The normalized spacial score (nSPS) is 25.1. The highest BCUT2D eigenvalue weighted by atomic mass is 16.5. The second-order valence-corrected chi connectivity index (χ2v) is 4.23. The molecule has 1 saturated heterocycles. The predicted molar refractivity (Wildman–Crippen MR) is 50.9 cm³/mol. The lowest BCUT2D eigenvalue weighted by atomic mass is 9.81. The molecule has 4 nitrogen and oxygen atoms in total. The zero-order valence-electron chi connectivity index (χ0n) is 8.46. The number of nitrogens with zero attached hydrogens (tertiary/aromatic N) is 1. The van der Waals surface area contributed by atoms with Crippen molar-refractivity contribution in [2.75, 3.05) is 13.1 Å². The van der Waals surface area contributed by atoms with Gasteiger partial charge in [-0.1, -0.05) is 20.8 Å². The van der Waals surface area contributed by atoms with Crippen LogP contribution in [0.4, 0.5) is 0 Å². The summed E-state index contributed by atoms with van der Waals surface area (Å²) in [5, 5.41) is 14.8. The van der Waals surface area contributed by atoms with Crippen molar-refractivity contribution in [1.29, 1.82) is 0 Å². The molecule has 13 heavy (non-hydrogen) atoms. The molecule has 1 heterocycles. The van der Waals surface area contributed by atoms with Crippen LogP contribution >= 0.6 is 0 Å². The third-order valence-electron chi connectivity index (χ3n) is 2.98. The zero-order chi connectivity index (χ0) is 10.1. The van der Waals surface area contributed by atoms with Crippen LogP contribution in [0.2, 0.25) is 0 Å². The van der Waals surface area contributed by atoms with Crippen molar-refractivity contribution in [2.45, 2.75) is 33.2 Å². The highest BCUT2D eigenvalue weighted by molar-refractivity contribution is 5.79. The van der Waals surface area contributed by atoms with Crippen molar-refractivity contribution in [3.05, 3.63) is 5.21 Å². The van der Waals surface area contributed by atoms with Gasteiger partial charge in [0.15, 0.2) is 0 Å². The highest BCUT2D eigenvalue weighted by Gasteiger charge is 2.31. The monoisotopic (exact) mass is 185 g/mol. The molecule has 4 heteroatoms. The standard InChI is InChI=1S/C9H17N2O2/c1-4-9(2,3)7-6-11(13)8(12)5-10-7/h7,10H,4-6H2,1-3H3/q-1. The van der Waals surface area contributed by atoms with Crippen LogP contribution in [0.1, 0.15) is 27.2 Å². The SMILES string of the molecule is CCC(C)(C)C1CN([O-])C(=O)CN1. The Morgan fingerprint density at radius 1 is 1.69 bits per heavy atom. The molecule has 76 valence electrons. The number of nitrogens with one attached hydrogen (secondary N) is 1. The van der Waals surface area contributed by atoms with Gasteiger partial charge < -0.3 is 15.6 Å². The summed E-state index contributed by atoms with van der Waals surface area (Å²) in [7, 11) is 0. The van der Waals surface area contributed by atoms with E-state index in [1.807, 2.05) is 0 Å². The minimum absolute atomic E-state index is 0.0728. The second kappa shape index (κ2) is 3.64. The Hall–Kier alpha value is -0.610. The Balaban J connectivity index is 2.60. The van der Waals surface area contributed by atoms with Crippen molar-refractivity contribution >= 4 is 5.91 Å². The number of hydroxylamine groups is 2. The van der Waals surface area contributed by atoms with E-state index in [4.69, 9.17) is 0 Å². The van der Waals surface area contributed by atoms with Gasteiger partial charge >= 0.3 is 0 Å². The van der Waals surface area contributed by atoms with E-state index in [1.54, 1.807) is 0 Å². The number of carbonyl (C=O) groups is 1. The van der Waals surface area contributed by atoms with Gasteiger partial charge in [-0.25, -0.2) is 0 Å². The van der Waals surface area contributed by atoms with E-state index in [9.17, 15) is 10.0 Å². The number of amides is 1. The summed E-state index contributed by atoms with van der Waals surface area (Å²) in [4.78, 5) is 10.9. The number of piperazine rings is 1. The average Bonchev–Trinajstić information content (AvgIpc) is 2.09. The molecule has 0 aromatic heterocycles. The van der Waals surface area contributed by atoms with Crippen LogP contribution in [-0.4, -0.2) is 30.1 Å². The van der Waals surface area contributed by atoms with E-state index in [0.29, 0.717) is 5.06 Å². The largest absolute Gasteiger partial charge is 0.756 e. The molecule has 1 amide bonds. The Morgan fingerprint density at radius 3 is 2.77 bits per heavy atom. The molecule has 0 radical (unpaired) electrons. The molecule has 0 aromatic carbocycles. The topological polar surface area (TPSA) is 55.4 Å². The van der Waals surface area contributed by atoms with Crippen molar-refractivity contribution < 1.29 is 4.79 Å². The Labute approximate surface area is 78.9 Å². The van der Waals surface area contributed by atoms with Crippen LogP contribution in [0, 0.1) is 10.6 Å². The third-order valence-corrected chi connectivity index (χ3v) is 2.98. The summed E-state index contributed by atoms with van der Waals surface area (Å²) in [6.07, 6.45) is 0.993. The molecular formula is C9H17N2O2-. The van der Waals surface area contributed by atoms with E-state index < -0.39 is 0 Å². The van der Waals surface area contributed by atoms with Crippen molar-refractivity contribution in [2.24, 2.45) is 5.41 Å². The van der Waals surface area contributed by atoms with E-state index in [2.05, 4.69) is 26.1 Å². The first kappa shape index (κ1) is 10.5. The van der Waals surface area contributed by atoms with Crippen molar-refractivity contribution in [3.63, 3.8) is 0 Å². The van der Waals surface area contributed by atoms with Crippen LogP contribution in [0.5, 0.6) is 0 Å². The van der Waals surface area contributed by atoms with E-state index in [0.717, 1.165) is 6.42 Å². The maximum atomic E-state index is 11.1. The second-order valence-electron chi connectivity index (χ2n) is 4.23. The van der Waals surface area contributed by atoms with Gasteiger partial charge in [-0.15, -0.1) is 0 Å². The van der Waals surface area contributed by atoms with Crippen molar-refractivity contribution in [1.82, 2.24) is 10.4 Å². The number of rotatable bonds is 2. The lowest BCUT2D eigenvalue weighted by molar-refractivity contribution is -0.131. The molecule has 0 bridgehead atoms. The molecule has 1 rings (SSSR count). The smallest absolute Gasteiger partial charge is 0.226 e. The van der Waals surface area contributed by atoms with E-state index >= 15 is 0 Å². The predicted octanol–water partition coefficient (Wildman–Crippen LogP) is 0.721. The summed E-state index contributed by atoms with van der Waals surface area (Å²) in [6.45, 7) is 6.76. The lowest BCUT2D eigenvalue weighted by Crippen LogP contribution is -2.57. The van der Waals surface area contributed by atoms with Gasteiger partial charge in [-0.2, -0.15) is 0 Å². The van der Waals surface area contributed by atoms with Gasteiger partial charge in [-0.05, 0) is 11.8 Å². The Kier molecular flexibility index (Phi) is 2.93. The minimum atomic E-state index is -0.358. The molecule has 0 aliphatic carbocycles. The Bertz CT molecular complexity index is 204. The summed E-state index contributed by atoms with van der Waals surface area (Å²) in [5.74, 6) is -0.358. The molecule has 1 aliphatic rings. The molecule has 1 atom stereocenters. The maximum Gasteiger partial charge on any atom is 0.226 e. The quantitative estimate of drug-likeness (QED) is 0.689. The highest BCUT2D eigenvalue weighted by Crippen LogP contribution is 2.26. The van der Waals surface area contributed by atoms with Crippen LogP contribution in [0.3, 0.4) is 0 Å². The molecular weight excluding hydrogens is 168 g/mol. The molecule has 0 aromatic rings. The minimum Gasteiger partial charge on any atom is -0.756 e. The zero-order valence-corrected chi connectivity index (χ0v) is 8.46. The van der Waals surface area contributed by atoms with Crippen LogP contribution < -0.4 is 5.32 Å². The van der Waals surface area contributed by atoms with Gasteiger partial charge in [-0.3, -0.25) is 4.79 Å². The third kappa shape index (κ3) is 2.19. The summed E-state index contributed by atoms with van der Waals surface area (Å²) in [5.41, 5.74) is 0.0728. The number of hydrogen-bond donors (Lipinski definition) is 1. The summed E-state index contributed by atoms with van der Waals surface area (Å²) >= 11 is 0. The average molecular weight is 185 g/mol. The molecule has 1 fully saturated rings. The Morgan fingerprint density at radius 2 is 2.31 bits per heavy atom. The van der Waals surface area contributed by atoms with E-state index in [1.165, 1.54) is 0 Å². The van der Waals surface area contributed by atoms with Gasteiger partial charge in [0.25, 0.3) is 0 Å². The van der Waals surface area contributed by atoms with Gasteiger partial charge in [0, 0.05) is 12.6 Å². The molecule has 0 spiro atoms. The van der Waals surface area contributed by atoms with Crippen molar-refractivity contribution in [3.8, 4) is 0 Å². The number of hydrogen-bond acceptors (Lipinski definition) is 3. The van der Waals surface area contributed by atoms with Crippen LogP contribution in [0.25, 0.3) is 0 Å². The first-order valence-corrected chi connectivity index (χ1v) is 4.68. The number of carbonyl (C=O) groups excluding carboxylic acids is 1. The fourth-order valence-electron chi connectivity index (χ4n) is 1.40. The lowest BCUT2D eigenvalue weighted by Gasteiger charge is -2.44. The van der Waals surface area contributed by atoms with E-state index in [-0.39, 0.29) is 30.5 Å². The fourth-order valence-corrected chi connectivity index (χ4v) is 1.40. The first-order valence-electron chi connectivity index (χ1n) is 4.68.